The monoisotopic (exact) mass is 155 g/mol. The van der Waals surface area contributed by atoms with Crippen LogP contribution < -0.4 is 5.32 Å². The quantitative estimate of drug-likeness (QED) is 0.560. The summed E-state index contributed by atoms with van der Waals surface area (Å²) in [6.07, 6.45) is -0.988. The van der Waals surface area contributed by atoms with Crippen molar-refractivity contribution in [1.29, 1.82) is 0 Å². The van der Waals surface area contributed by atoms with Crippen molar-refractivity contribution in [3.05, 3.63) is 11.7 Å². The molecule has 0 aromatic rings. The minimum absolute atomic E-state index is 0. The maximum absolute atomic E-state index is 11.6. The van der Waals surface area contributed by atoms with Crippen molar-refractivity contribution in [2.75, 3.05) is 13.1 Å². The first-order valence-corrected chi connectivity index (χ1v) is 2.54. The Balaban J connectivity index is 0.000000640. The first kappa shape index (κ1) is 8.85. The number of hydrogen-bond acceptors (Lipinski definition) is 1. The fraction of sp³-hybridized carbons (Fsp3) is 0.600. The Labute approximate surface area is 58.5 Å². The smallest absolute Gasteiger partial charge is 0.270 e. The molecular weight excluding hydrogens is 148 g/mol. The van der Waals surface area contributed by atoms with Crippen LogP contribution in [0.1, 0.15) is 6.42 Å². The first-order valence-electron chi connectivity index (χ1n) is 2.54. The first-order chi connectivity index (χ1) is 3.80. The lowest BCUT2D eigenvalue weighted by Crippen LogP contribution is -2.04. The third kappa shape index (κ3) is 2.28. The second kappa shape index (κ2) is 3.80. The maximum Gasteiger partial charge on any atom is 0.270 e. The number of hydrogen-bond donors (Lipinski definition) is 1. The van der Waals surface area contributed by atoms with Crippen molar-refractivity contribution in [2.45, 2.75) is 6.42 Å². The summed E-state index contributed by atoms with van der Waals surface area (Å²) in [5.74, 6) is 0. The molecule has 0 aromatic heterocycles. The molecule has 0 unspecified atom stereocenters. The molecular formula is C5H8ClF2N. The molecule has 0 atom stereocenters. The molecule has 54 valence electrons. The fourth-order valence-corrected chi connectivity index (χ4v) is 0.728. The van der Waals surface area contributed by atoms with Crippen LogP contribution in [0.25, 0.3) is 0 Å². The molecule has 0 radical (unpaired) electrons. The molecule has 0 bridgehead atoms. The van der Waals surface area contributed by atoms with E-state index < -0.39 is 6.08 Å². The molecule has 0 aliphatic carbocycles. The molecule has 1 rings (SSSR count). The van der Waals surface area contributed by atoms with Crippen LogP contribution in [-0.2, 0) is 0 Å². The SMILES string of the molecule is Cl.FC(F)=C1CCNC1. The van der Waals surface area contributed by atoms with E-state index in [0.717, 1.165) is 0 Å². The Bertz CT molecular complexity index is 112. The van der Waals surface area contributed by atoms with Crippen LogP contribution in [0.3, 0.4) is 0 Å². The lowest BCUT2D eigenvalue weighted by molar-refractivity contribution is 0.410. The van der Waals surface area contributed by atoms with E-state index in [2.05, 4.69) is 5.32 Å². The molecule has 1 aliphatic rings. The summed E-state index contributed by atoms with van der Waals surface area (Å²) >= 11 is 0. The molecule has 1 nitrogen and oxygen atoms in total. The molecule has 0 aromatic carbocycles. The Hall–Kier alpha value is -0.150. The van der Waals surface area contributed by atoms with Crippen molar-refractivity contribution in [1.82, 2.24) is 5.32 Å². The topological polar surface area (TPSA) is 12.0 Å². The van der Waals surface area contributed by atoms with Gasteiger partial charge in [-0.25, -0.2) is 0 Å². The van der Waals surface area contributed by atoms with Gasteiger partial charge in [0.15, 0.2) is 0 Å². The van der Waals surface area contributed by atoms with Gasteiger partial charge in [-0.2, -0.15) is 8.78 Å². The molecule has 9 heavy (non-hydrogen) atoms. The van der Waals surface area contributed by atoms with E-state index in [9.17, 15) is 8.78 Å². The van der Waals surface area contributed by atoms with Gasteiger partial charge < -0.3 is 5.32 Å². The predicted molar refractivity (Wildman–Crippen MR) is 34.0 cm³/mol. The van der Waals surface area contributed by atoms with Crippen LogP contribution in [0.4, 0.5) is 8.78 Å². The van der Waals surface area contributed by atoms with Crippen molar-refractivity contribution in [3.63, 3.8) is 0 Å². The summed E-state index contributed by atoms with van der Waals surface area (Å²) < 4.78 is 23.2. The van der Waals surface area contributed by atoms with Gasteiger partial charge in [-0.3, -0.25) is 0 Å². The average molecular weight is 156 g/mol. The van der Waals surface area contributed by atoms with Crippen molar-refractivity contribution in [2.24, 2.45) is 0 Å². The maximum atomic E-state index is 11.6. The van der Waals surface area contributed by atoms with Gasteiger partial charge in [-0.15, -0.1) is 12.4 Å². The van der Waals surface area contributed by atoms with Gasteiger partial charge in [0.25, 0.3) is 6.08 Å². The van der Waals surface area contributed by atoms with Gasteiger partial charge >= 0.3 is 0 Å². The van der Waals surface area contributed by atoms with Gasteiger partial charge in [0.1, 0.15) is 0 Å². The van der Waals surface area contributed by atoms with Gasteiger partial charge in [-0.1, -0.05) is 0 Å². The summed E-state index contributed by atoms with van der Waals surface area (Å²) in [5.41, 5.74) is 0.269. The highest BCUT2D eigenvalue weighted by atomic mass is 35.5. The van der Waals surface area contributed by atoms with Crippen molar-refractivity contribution >= 4 is 12.4 Å². The van der Waals surface area contributed by atoms with Crippen LogP contribution in [0.2, 0.25) is 0 Å². The highest BCUT2D eigenvalue weighted by Crippen LogP contribution is 2.13. The fourth-order valence-electron chi connectivity index (χ4n) is 0.728. The van der Waals surface area contributed by atoms with Crippen LogP contribution >= 0.6 is 12.4 Å². The van der Waals surface area contributed by atoms with E-state index in [1.807, 2.05) is 0 Å². The third-order valence-electron chi connectivity index (χ3n) is 1.21. The molecule has 0 saturated carbocycles. The molecule has 1 fully saturated rings. The number of halogens is 3. The lowest BCUT2D eigenvalue weighted by Gasteiger charge is -1.86. The largest absolute Gasteiger partial charge is 0.312 e. The molecule has 0 spiro atoms. The third-order valence-corrected chi connectivity index (χ3v) is 1.21. The molecule has 1 heterocycles. The second-order valence-corrected chi connectivity index (χ2v) is 1.79. The zero-order valence-electron chi connectivity index (χ0n) is 4.79. The summed E-state index contributed by atoms with van der Waals surface area (Å²) in [5, 5.41) is 2.82. The van der Waals surface area contributed by atoms with E-state index in [1.54, 1.807) is 0 Å². The van der Waals surface area contributed by atoms with Crippen LogP contribution in [0.15, 0.2) is 11.7 Å². The zero-order chi connectivity index (χ0) is 5.98. The van der Waals surface area contributed by atoms with Crippen LogP contribution in [0, 0.1) is 0 Å². The van der Waals surface area contributed by atoms with Crippen molar-refractivity contribution < 1.29 is 8.78 Å². The Morgan fingerprint density at radius 2 is 2.11 bits per heavy atom. The van der Waals surface area contributed by atoms with Gasteiger partial charge in [0.2, 0.25) is 0 Å². The average Bonchev–Trinajstić information content (AvgIpc) is 2.12. The van der Waals surface area contributed by atoms with Crippen LogP contribution in [-0.4, -0.2) is 13.1 Å². The van der Waals surface area contributed by atoms with Gasteiger partial charge in [-0.05, 0) is 13.0 Å². The summed E-state index contributed by atoms with van der Waals surface area (Å²) in [6.45, 7) is 1.08. The lowest BCUT2D eigenvalue weighted by atomic mass is 10.3. The molecule has 0 amide bonds. The normalized spacial score (nSPS) is 17.3. The second-order valence-electron chi connectivity index (χ2n) is 1.79. The molecule has 1 aliphatic heterocycles. The number of rotatable bonds is 0. The van der Waals surface area contributed by atoms with Crippen LogP contribution in [0.5, 0.6) is 0 Å². The highest BCUT2D eigenvalue weighted by Gasteiger charge is 2.10. The summed E-state index contributed by atoms with van der Waals surface area (Å²) in [7, 11) is 0. The number of nitrogens with one attached hydrogen (secondary N) is 1. The van der Waals surface area contributed by atoms with E-state index in [4.69, 9.17) is 0 Å². The Morgan fingerprint density at radius 1 is 1.44 bits per heavy atom. The van der Waals surface area contributed by atoms with E-state index in [1.165, 1.54) is 0 Å². The predicted octanol–water partition coefficient (Wildman–Crippen LogP) is 1.55. The highest BCUT2D eigenvalue weighted by molar-refractivity contribution is 5.85. The van der Waals surface area contributed by atoms with Gasteiger partial charge in [0, 0.05) is 12.1 Å². The summed E-state index contributed by atoms with van der Waals surface area (Å²) in [4.78, 5) is 0. The minimum atomic E-state index is -1.50. The summed E-state index contributed by atoms with van der Waals surface area (Å²) in [6, 6.07) is 0. The Kier molecular flexibility index (Phi) is 3.73. The van der Waals surface area contributed by atoms with E-state index in [0.29, 0.717) is 19.5 Å². The Morgan fingerprint density at radius 3 is 2.33 bits per heavy atom. The minimum Gasteiger partial charge on any atom is -0.312 e. The molecule has 4 heteroatoms. The molecule has 1 saturated heterocycles. The zero-order valence-corrected chi connectivity index (χ0v) is 5.60. The standard InChI is InChI=1S/C5H7F2N.ClH/c6-5(7)4-1-2-8-3-4;/h8H,1-3H2;1H. The van der Waals surface area contributed by atoms with Gasteiger partial charge in [0.05, 0.1) is 0 Å². The van der Waals surface area contributed by atoms with E-state index >= 15 is 0 Å². The molecule has 1 N–H and O–H groups in total. The van der Waals surface area contributed by atoms with E-state index in [-0.39, 0.29) is 18.0 Å². The van der Waals surface area contributed by atoms with Crippen molar-refractivity contribution in [3.8, 4) is 0 Å².